The van der Waals surface area contributed by atoms with Crippen LogP contribution in [-0.4, -0.2) is 57.4 Å². The van der Waals surface area contributed by atoms with Crippen molar-refractivity contribution in [3.05, 3.63) is 24.3 Å². The van der Waals surface area contributed by atoms with E-state index in [4.69, 9.17) is 15.2 Å². The maximum atomic E-state index is 5.88. The highest BCUT2D eigenvalue weighted by atomic mass is 16.5. The van der Waals surface area contributed by atoms with Crippen LogP contribution in [-0.2, 0) is 4.74 Å². The second-order valence-electron chi connectivity index (χ2n) is 5.28. The number of aliphatic imine (C=N–C) groups is 1. The van der Waals surface area contributed by atoms with E-state index in [1.165, 1.54) is 0 Å². The van der Waals surface area contributed by atoms with E-state index in [9.17, 15) is 0 Å². The fraction of sp³-hybridized carbons (Fsp3) is 0.562. The highest BCUT2D eigenvalue weighted by Crippen LogP contribution is 2.14. The van der Waals surface area contributed by atoms with Gasteiger partial charge in [0.15, 0.2) is 5.96 Å². The first-order valence-electron chi connectivity index (χ1n) is 7.79. The van der Waals surface area contributed by atoms with Crippen molar-refractivity contribution in [2.45, 2.75) is 12.8 Å². The van der Waals surface area contributed by atoms with Gasteiger partial charge in [-0.2, -0.15) is 0 Å². The van der Waals surface area contributed by atoms with E-state index in [0.29, 0.717) is 5.96 Å². The van der Waals surface area contributed by atoms with Gasteiger partial charge in [-0.1, -0.05) is 0 Å². The number of nitrogens with zero attached hydrogens (tertiary/aromatic N) is 2. The van der Waals surface area contributed by atoms with Crippen molar-refractivity contribution in [2.75, 3.05) is 51.8 Å². The second-order valence-corrected chi connectivity index (χ2v) is 5.28. The molecule has 1 fully saturated rings. The van der Waals surface area contributed by atoms with Gasteiger partial charge in [-0.25, -0.2) is 0 Å². The summed E-state index contributed by atoms with van der Waals surface area (Å²) in [5, 5.41) is 3.08. The van der Waals surface area contributed by atoms with Crippen molar-refractivity contribution in [1.82, 2.24) is 4.90 Å². The average molecular weight is 306 g/mol. The maximum Gasteiger partial charge on any atom is 0.193 e. The first-order valence-corrected chi connectivity index (χ1v) is 7.79. The number of morpholine rings is 1. The van der Waals surface area contributed by atoms with Crippen molar-refractivity contribution in [3.8, 4) is 5.75 Å². The van der Waals surface area contributed by atoms with Crippen LogP contribution in [0.25, 0.3) is 0 Å². The molecule has 1 aromatic carbocycles. The van der Waals surface area contributed by atoms with Gasteiger partial charge >= 0.3 is 0 Å². The van der Waals surface area contributed by atoms with E-state index >= 15 is 0 Å². The highest BCUT2D eigenvalue weighted by Gasteiger charge is 2.08. The summed E-state index contributed by atoms with van der Waals surface area (Å²) in [6.07, 6.45) is 2.18. The predicted octanol–water partition coefficient (Wildman–Crippen LogP) is 1.53. The molecule has 0 unspecified atom stereocenters. The van der Waals surface area contributed by atoms with Gasteiger partial charge in [0.1, 0.15) is 5.75 Å². The third-order valence-electron chi connectivity index (χ3n) is 3.63. The number of hydrogen-bond donors (Lipinski definition) is 2. The molecule has 0 bridgehead atoms. The minimum Gasteiger partial charge on any atom is -0.497 e. The zero-order valence-corrected chi connectivity index (χ0v) is 13.3. The van der Waals surface area contributed by atoms with Crippen LogP contribution in [0.2, 0.25) is 0 Å². The first kappa shape index (κ1) is 16.6. The van der Waals surface area contributed by atoms with E-state index in [0.717, 1.165) is 63.7 Å². The van der Waals surface area contributed by atoms with Crippen molar-refractivity contribution >= 4 is 11.6 Å². The minimum atomic E-state index is 0.455. The summed E-state index contributed by atoms with van der Waals surface area (Å²) in [6.45, 7) is 5.67. The molecule has 0 saturated carbocycles. The van der Waals surface area contributed by atoms with Crippen molar-refractivity contribution in [1.29, 1.82) is 0 Å². The number of nitrogens with two attached hydrogens (primary N) is 1. The third kappa shape index (κ3) is 5.91. The van der Waals surface area contributed by atoms with Crippen LogP contribution >= 0.6 is 0 Å². The molecule has 2 rings (SSSR count). The van der Waals surface area contributed by atoms with E-state index in [2.05, 4.69) is 15.2 Å². The number of guanidine groups is 1. The quantitative estimate of drug-likeness (QED) is 0.454. The van der Waals surface area contributed by atoms with Crippen LogP contribution in [0.3, 0.4) is 0 Å². The van der Waals surface area contributed by atoms with Crippen LogP contribution in [0, 0.1) is 0 Å². The van der Waals surface area contributed by atoms with E-state index in [1.54, 1.807) is 7.11 Å². The van der Waals surface area contributed by atoms with Gasteiger partial charge in [0.05, 0.1) is 20.3 Å². The summed E-state index contributed by atoms with van der Waals surface area (Å²) in [5.41, 5.74) is 6.79. The lowest BCUT2D eigenvalue weighted by Gasteiger charge is -2.26. The van der Waals surface area contributed by atoms with Crippen LogP contribution in [0.1, 0.15) is 12.8 Å². The smallest absolute Gasteiger partial charge is 0.193 e. The predicted molar refractivity (Wildman–Crippen MR) is 89.6 cm³/mol. The Kier molecular flexibility index (Phi) is 6.99. The second kappa shape index (κ2) is 9.27. The molecular weight excluding hydrogens is 280 g/mol. The van der Waals surface area contributed by atoms with E-state index in [1.807, 2.05) is 24.3 Å². The number of nitrogens with one attached hydrogen (secondary N) is 1. The fourth-order valence-corrected chi connectivity index (χ4v) is 2.33. The Morgan fingerprint density at radius 3 is 2.68 bits per heavy atom. The molecule has 6 heteroatoms. The van der Waals surface area contributed by atoms with E-state index in [-0.39, 0.29) is 0 Å². The first-order chi connectivity index (χ1) is 10.8. The molecule has 6 nitrogen and oxygen atoms in total. The Balaban J connectivity index is 1.62. The molecule has 122 valence electrons. The summed E-state index contributed by atoms with van der Waals surface area (Å²) < 4.78 is 10.4. The maximum absolute atomic E-state index is 5.88. The Morgan fingerprint density at radius 1 is 1.27 bits per heavy atom. The minimum absolute atomic E-state index is 0.455. The third-order valence-corrected chi connectivity index (χ3v) is 3.63. The Labute approximate surface area is 132 Å². The molecular formula is C16H26N4O2. The number of benzene rings is 1. The molecule has 0 spiro atoms. The molecule has 22 heavy (non-hydrogen) atoms. The van der Waals surface area contributed by atoms with Gasteiger partial charge in [-0.05, 0) is 43.7 Å². The Morgan fingerprint density at radius 2 is 2.00 bits per heavy atom. The number of anilines is 1. The topological polar surface area (TPSA) is 72.1 Å². The number of ether oxygens (including phenoxy) is 2. The monoisotopic (exact) mass is 306 g/mol. The lowest BCUT2D eigenvalue weighted by atomic mass is 10.3. The lowest BCUT2D eigenvalue weighted by molar-refractivity contribution is 0.0373. The molecule has 1 aromatic rings. The van der Waals surface area contributed by atoms with Crippen LogP contribution in [0.15, 0.2) is 29.3 Å². The van der Waals surface area contributed by atoms with Crippen molar-refractivity contribution < 1.29 is 9.47 Å². The molecule has 0 amide bonds. The number of hydrogen-bond acceptors (Lipinski definition) is 4. The Hall–Kier alpha value is -1.79. The molecule has 0 atom stereocenters. The molecule has 0 aromatic heterocycles. The van der Waals surface area contributed by atoms with Gasteiger partial charge in [-0.15, -0.1) is 0 Å². The lowest BCUT2D eigenvalue weighted by Crippen LogP contribution is -2.36. The van der Waals surface area contributed by atoms with Crippen molar-refractivity contribution in [3.63, 3.8) is 0 Å². The SMILES string of the molecule is COc1ccc(NC(N)=NCCCCN2CCOCC2)cc1. The van der Waals surface area contributed by atoms with Gasteiger partial charge in [-0.3, -0.25) is 9.89 Å². The van der Waals surface area contributed by atoms with E-state index < -0.39 is 0 Å². The summed E-state index contributed by atoms with van der Waals surface area (Å²) in [7, 11) is 1.65. The fourth-order valence-electron chi connectivity index (χ4n) is 2.33. The largest absolute Gasteiger partial charge is 0.497 e. The highest BCUT2D eigenvalue weighted by molar-refractivity contribution is 5.92. The zero-order valence-electron chi connectivity index (χ0n) is 13.3. The number of methoxy groups -OCH3 is 1. The van der Waals surface area contributed by atoms with Crippen molar-refractivity contribution in [2.24, 2.45) is 10.7 Å². The van der Waals surface area contributed by atoms with Gasteiger partial charge in [0, 0.05) is 25.3 Å². The summed E-state index contributed by atoms with van der Waals surface area (Å²) in [6, 6.07) is 7.61. The van der Waals surface area contributed by atoms with Crippen LogP contribution in [0.5, 0.6) is 5.75 Å². The molecule has 1 heterocycles. The summed E-state index contributed by atoms with van der Waals surface area (Å²) in [4.78, 5) is 6.79. The zero-order chi connectivity index (χ0) is 15.6. The van der Waals surface area contributed by atoms with Gasteiger partial charge < -0.3 is 20.5 Å². The average Bonchev–Trinajstić information content (AvgIpc) is 2.56. The molecule has 1 aliphatic rings. The summed E-state index contributed by atoms with van der Waals surface area (Å²) in [5.74, 6) is 1.28. The molecule has 1 saturated heterocycles. The Bertz CT molecular complexity index is 456. The van der Waals surface area contributed by atoms with Gasteiger partial charge in [0.25, 0.3) is 0 Å². The molecule has 3 N–H and O–H groups in total. The van der Waals surface area contributed by atoms with Gasteiger partial charge in [0.2, 0.25) is 0 Å². The van der Waals surface area contributed by atoms with Crippen LogP contribution in [0.4, 0.5) is 5.69 Å². The van der Waals surface area contributed by atoms with Crippen LogP contribution < -0.4 is 15.8 Å². The summed E-state index contributed by atoms with van der Waals surface area (Å²) >= 11 is 0. The standard InChI is InChI=1S/C16H26N4O2/c1-21-15-6-4-14(5-7-15)19-16(17)18-8-2-3-9-20-10-12-22-13-11-20/h4-7H,2-3,8-13H2,1H3,(H3,17,18,19). The molecule has 1 aliphatic heterocycles. The number of rotatable bonds is 7. The molecule has 0 radical (unpaired) electrons. The molecule has 0 aliphatic carbocycles. The normalized spacial score (nSPS) is 16.5. The number of unbranched alkanes of at least 4 members (excludes halogenated alkanes) is 1.